The van der Waals surface area contributed by atoms with Gasteiger partial charge in [-0.15, -0.1) is 0 Å². The first-order chi connectivity index (χ1) is 13.3. The van der Waals surface area contributed by atoms with Crippen LogP contribution < -0.4 is 0 Å². The molecule has 0 N–H and O–H groups in total. The minimum Gasteiger partial charge on any atom is -0.462 e. The smallest absolute Gasteiger partial charge is 0.342 e. The summed E-state index contributed by atoms with van der Waals surface area (Å²) in [6.45, 7) is 7.15. The third-order valence-electron chi connectivity index (χ3n) is 4.96. The number of hydrogen-bond donors (Lipinski definition) is 0. The molecule has 1 fully saturated rings. The van der Waals surface area contributed by atoms with E-state index in [2.05, 4.69) is 5.10 Å². The fraction of sp³-hybridized carbons (Fsp3) is 0.500. The second kappa shape index (κ2) is 8.45. The summed E-state index contributed by atoms with van der Waals surface area (Å²) in [5.74, 6) is -0.662. The van der Waals surface area contributed by atoms with Crippen LogP contribution in [0.25, 0.3) is 0 Å². The van der Waals surface area contributed by atoms with Crippen LogP contribution in [-0.2, 0) is 21.3 Å². The SMILES string of the molecule is CCOC(=O)c1cn(Cc2cc(C)ccc2C)nc1S(=O)(=O)N1CCCCC1. The summed E-state index contributed by atoms with van der Waals surface area (Å²) in [5, 5.41) is 4.10. The van der Waals surface area contributed by atoms with Crippen molar-refractivity contribution < 1.29 is 17.9 Å². The van der Waals surface area contributed by atoms with E-state index in [9.17, 15) is 13.2 Å². The number of carbonyl (C=O) groups is 1. The number of benzene rings is 1. The molecule has 0 spiro atoms. The molecule has 1 aliphatic heterocycles. The van der Waals surface area contributed by atoms with E-state index in [-0.39, 0.29) is 17.2 Å². The van der Waals surface area contributed by atoms with E-state index in [1.165, 1.54) is 15.2 Å². The zero-order valence-electron chi connectivity index (χ0n) is 16.6. The highest BCUT2D eigenvalue weighted by atomic mass is 32.2. The molecule has 2 aromatic rings. The number of nitrogens with zero attached hydrogens (tertiary/aromatic N) is 3. The largest absolute Gasteiger partial charge is 0.462 e. The standard InChI is InChI=1S/C20H27N3O4S/c1-4-27-20(24)18-14-22(13-17-12-15(2)8-9-16(17)3)21-19(18)28(25,26)23-10-6-5-7-11-23/h8-9,12,14H,4-7,10-11,13H2,1-3H3. The van der Waals surface area contributed by atoms with Gasteiger partial charge >= 0.3 is 5.97 Å². The van der Waals surface area contributed by atoms with Gasteiger partial charge in [0.2, 0.25) is 5.03 Å². The molecule has 3 rings (SSSR count). The van der Waals surface area contributed by atoms with Crippen LogP contribution in [0, 0.1) is 13.8 Å². The van der Waals surface area contributed by atoms with Gasteiger partial charge in [-0.25, -0.2) is 13.2 Å². The van der Waals surface area contributed by atoms with E-state index in [1.54, 1.807) is 6.92 Å². The number of sulfonamides is 1. The molecule has 1 aliphatic rings. The van der Waals surface area contributed by atoms with Crippen molar-refractivity contribution in [1.82, 2.24) is 14.1 Å². The average molecular weight is 406 g/mol. The quantitative estimate of drug-likeness (QED) is 0.690. The summed E-state index contributed by atoms with van der Waals surface area (Å²) in [7, 11) is -3.85. The first kappa shape index (κ1) is 20.5. The Bertz CT molecular complexity index is 960. The predicted molar refractivity (Wildman–Crippen MR) is 106 cm³/mol. The Morgan fingerprint density at radius 2 is 1.89 bits per heavy atom. The summed E-state index contributed by atoms with van der Waals surface area (Å²) in [6, 6.07) is 6.09. The second-order valence-electron chi connectivity index (χ2n) is 7.16. The second-order valence-corrected chi connectivity index (χ2v) is 9.01. The van der Waals surface area contributed by atoms with Crippen LogP contribution in [0.5, 0.6) is 0 Å². The first-order valence-corrected chi connectivity index (χ1v) is 11.1. The highest BCUT2D eigenvalue weighted by Crippen LogP contribution is 2.24. The van der Waals surface area contributed by atoms with Gasteiger partial charge in [-0.3, -0.25) is 4.68 Å². The lowest BCUT2D eigenvalue weighted by atomic mass is 10.1. The van der Waals surface area contributed by atoms with E-state index in [1.807, 2.05) is 32.0 Å². The van der Waals surface area contributed by atoms with Crippen molar-refractivity contribution in [3.63, 3.8) is 0 Å². The van der Waals surface area contributed by atoms with Gasteiger partial charge in [0.25, 0.3) is 10.0 Å². The van der Waals surface area contributed by atoms with E-state index in [4.69, 9.17) is 4.74 Å². The number of hydrogen-bond acceptors (Lipinski definition) is 5. The summed E-state index contributed by atoms with van der Waals surface area (Å²) in [4.78, 5) is 12.4. The van der Waals surface area contributed by atoms with Gasteiger partial charge in [-0.2, -0.15) is 9.40 Å². The third-order valence-corrected chi connectivity index (χ3v) is 6.79. The Morgan fingerprint density at radius 3 is 2.57 bits per heavy atom. The van der Waals surface area contributed by atoms with Crippen LogP contribution in [0.2, 0.25) is 0 Å². The van der Waals surface area contributed by atoms with Gasteiger partial charge in [0.1, 0.15) is 5.56 Å². The number of carbonyl (C=O) groups excluding carboxylic acids is 1. The fourth-order valence-corrected chi connectivity index (χ4v) is 5.00. The maximum absolute atomic E-state index is 13.1. The Kier molecular flexibility index (Phi) is 6.20. The van der Waals surface area contributed by atoms with Crippen molar-refractivity contribution in [3.8, 4) is 0 Å². The molecule has 0 atom stereocenters. The Labute approximate surface area is 166 Å². The molecule has 0 aliphatic carbocycles. The van der Waals surface area contributed by atoms with Gasteiger partial charge < -0.3 is 4.74 Å². The number of esters is 1. The summed E-state index contributed by atoms with van der Waals surface area (Å²) >= 11 is 0. The van der Waals surface area contributed by atoms with Crippen LogP contribution in [0.4, 0.5) is 0 Å². The average Bonchev–Trinajstić information content (AvgIpc) is 3.10. The van der Waals surface area contributed by atoms with Gasteiger partial charge in [-0.05, 0) is 44.7 Å². The molecule has 1 saturated heterocycles. The maximum atomic E-state index is 13.1. The zero-order valence-corrected chi connectivity index (χ0v) is 17.5. The summed E-state index contributed by atoms with van der Waals surface area (Å²) in [6.07, 6.45) is 4.13. The molecule has 2 heterocycles. The minimum atomic E-state index is -3.85. The molecule has 1 aromatic carbocycles. The summed E-state index contributed by atoms with van der Waals surface area (Å²) < 4.78 is 34.3. The molecule has 0 amide bonds. The lowest BCUT2D eigenvalue weighted by Crippen LogP contribution is -2.36. The van der Waals surface area contributed by atoms with Crippen molar-refractivity contribution in [1.29, 1.82) is 0 Å². The maximum Gasteiger partial charge on any atom is 0.342 e. The van der Waals surface area contributed by atoms with E-state index < -0.39 is 16.0 Å². The lowest BCUT2D eigenvalue weighted by Gasteiger charge is -2.25. The lowest BCUT2D eigenvalue weighted by molar-refractivity contribution is 0.0521. The molecule has 152 valence electrons. The highest BCUT2D eigenvalue weighted by molar-refractivity contribution is 7.89. The summed E-state index contributed by atoms with van der Waals surface area (Å²) in [5.41, 5.74) is 3.22. The molecule has 7 nitrogen and oxygen atoms in total. The Balaban J connectivity index is 2.00. The number of rotatable bonds is 6. The topological polar surface area (TPSA) is 81.5 Å². The van der Waals surface area contributed by atoms with Crippen molar-refractivity contribution >= 4 is 16.0 Å². The van der Waals surface area contributed by atoms with Gasteiger partial charge in [-0.1, -0.05) is 30.2 Å². The van der Waals surface area contributed by atoms with Crippen molar-refractivity contribution in [2.45, 2.75) is 51.6 Å². The molecule has 0 bridgehead atoms. The molecule has 0 unspecified atom stereocenters. The zero-order chi connectivity index (χ0) is 20.3. The fourth-order valence-electron chi connectivity index (χ4n) is 3.40. The van der Waals surface area contributed by atoms with E-state index in [0.29, 0.717) is 19.6 Å². The first-order valence-electron chi connectivity index (χ1n) is 9.63. The molecule has 1 aromatic heterocycles. The van der Waals surface area contributed by atoms with Crippen molar-refractivity contribution in [2.75, 3.05) is 19.7 Å². The molecule has 0 saturated carbocycles. The third kappa shape index (κ3) is 4.28. The molecular formula is C20H27N3O4S. The van der Waals surface area contributed by atoms with Crippen molar-refractivity contribution in [3.05, 3.63) is 46.6 Å². The number of aromatic nitrogens is 2. The van der Waals surface area contributed by atoms with E-state index in [0.717, 1.165) is 36.0 Å². The monoisotopic (exact) mass is 405 g/mol. The van der Waals surface area contributed by atoms with Crippen LogP contribution in [0.1, 0.15) is 53.2 Å². The molecule has 28 heavy (non-hydrogen) atoms. The normalized spacial score (nSPS) is 15.5. The van der Waals surface area contributed by atoms with Crippen LogP contribution in [0.15, 0.2) is 29.4 Å². The number of aryl methyl sites for hydroxylation is 2. The number of ether oxygens (including phenoxy) is 1. The van der Waals surface area contributed by atoms with Crippen molar-refractivity contribution in [2.24, 2.45) is 0 Å². The van der Waals surface area contributed by atoms with Gasteiger partial charge in [0.15, 0.2) is 0 Å². The van der Waals surface area contributed by atoms with Crippen LogP contribution in [0.3, 0.4) is 0 Å². The Morgan fingerprint density at radius 1 is 1.18 bits per heavy atom. The van der Waals surface area contributed by atoms with Gasteiger partial charge in [0, 0.05) is 19.3 Å². The Hall–Kier alpha value is -2.19. The predicted octanol–water partition coefficient (Wildman–Crippen LogP) is 2.90. The molecular weight excluding hydrogens is 378 g/mol. The highest BCUT2D eigenvalue weighted by Gasteiger charge is 2.34. The van der Waals surface area contributed by atoms with Gasteiger partial charge in [0.05, 0.1) is 13.2 Å². The number of piperidine rings is 1. The van der Waals surface area contributed by atoms with Crippen LogP contribution >= 0.6 is 0 Å². The molecule has 0 radical (unpaired) electrons. The van der Waals surface area contributed by atoms with E-state index >= 15 is 0 Å². The molecule has 8 heteroatoms. The minimum absolute atomic E-state index is 0.00210. The van der Waals surface area contributed by atoms with Crippen LogP contribution in [-0.4, -0.2) is 48.2 Å².